The summed E-state index contributed by atoms with van der Waals surface area (Å²) in [7, 11) is 0. The number of halogens is 1. The lowest BCUT2D eigenvalue weighted by Gasteiger charge is -2.36. The van der Waals surface area contributed by atoms with E-state index in [2.05, 4.69) is 69.0 Å². The highest BCUT2D eigenvalue weighted by Gasteiger charge is 2.27. The molecule has 2 aromatic heterocycles. The second-order valence-electron chi connectivity index (χ2n) is 14.5. The molecule has 0 bridgehead atoms. The number of carbonyl (C=O) groups excluding carboxylic acids is 2. The maximum absolute atomic E-state index is 14.4. The largest absolute Gasteiger partial charge is 0.438 e. The van der Waals surface area contributed by atoms with Crippen LogP contribution in [0.4, 0.5) is 4.39 Å². The number of ether oxygens (including phenoxy) is 1. The molecule has 0 radical (unpaired) electrons. The van der Waals surface area contributed by atoms with Gasteiger partial charge in [0.05, 0.1) is 6.20 Å². The van der Waals surface area contributed by atoms with Crippen LogP contribution in [0.2, 0.25) is 0 Å². The summed E-state index contributed by atoms with van der Waals surface area (Å²) >= 11 is 0. The van der Waals surface area contributed by atoms with Crippen LogP contribution in [-0.4, -0.2) is 75.3 Å². The van der Waals surface area contributed by atoms with E-state index >= 15 is 0 Å². The van der Waals surface area contributed by atoms with E-state index in [4.69, 9.17) is 4.74 Å². The molecule has 51 heavy (non-hydrogen) atoms. The minimum absolute atomic E-state index is 0.00931. The summed E-state index contributed by atoms with van der Waals surface area (Å²) in [6.45, 7) is 8.60. The minimum Gasteiger partial charge on any atom is -0.438 e. The van der Waals surface area contributed by atoms with Crippen molar-refractivity contribution in [2.75, 3.05) is 19.6 Å². The summed E-state index contributed by atoms with van der Waals surface area (Å²) in [5.41, 5.74) is 4.95. The smallest absolute Gasteiger partial charge is 0.272 e. The molecular weight excluding hydrogens is 645 g/mol. The van der Waals surface area contributed by atoms with Crippen molar-refractivity contribution < 1.29 is 18.7 Å². The quantitative estimate of drug-likeness (QED) is 0.179. The lowest BCUT2D eigenvalue weighted by atomic mass is 9.91. The predicted octanol–water partition coefficient (Wildman–Crippen LogP) is 5.91. The van der Waals surface area contributed by atoms with Gasteiger partial charge >= 0.3 is 0 Å². The van der Waals surface area contributed by atoms with Crippen LogP contribution in [-0.2, 0) is 19.4 Å². The molecule has 2 aliphatic heterocycles. The third-order valence-corrected chi connectivity index (χ3v) is 10.2. The number of aromatic nitrogens is 3. The number of carbonyl (C=O) groups is 2. The Kier molecular flexibility index (Phi) is 10.7. The Morgan fingerprint density at radius 1 is 0.922 bits per heavy atom. The van der Waals surface area contributed by atoms with Gasteiger partial charge in [-0.1, -0.05) is 36.4 Å². The molecule has 268 valence electrons. The van der Waals surface area contributed by atoms with Gasteiger partial charge in [0.2, 0.25) is 5.88 Å². The summed E-state index contributed by atoms with van der Waals surface area (Å²) < 4.78 is 22.4. The van der Waals surface area contributed by atoms with Gasteiger partial charge in [0, 0.05) is 49.5 Å². The van der Waals surface area contributed by atoms with Gasteiger partial charge in [-0.25, -0.2) is 9.37 Å². The summed E-state index contributed by atoms with van der Waals surface area (Å²) in [6.07, 6.45) is 7.99. The van der Waals surface area contributed by atoms with Gasteiger partial charge < -0.3 is 25.6 Å². The molecule has 1 saturated carbocycles. The van der Waals surface area contributed by atoms with Crippen LogP contribution in [0.3, 0.4) is 0 Å². The Labute approximate surface area is 299 Å². The molecular formula is C40H48FN7O3. The van der Waals surface area contributed by atoms with Crippen molar-refractivity contribution >= 4 is 11.8 Å². The number of nitrogens with zero attached hydrogens (tertiary/aromatic N) is 4. The lowest BCUT2D eigenvalue weighted by Crippen LogP contribution is -2.54. The SMILES string of the molecule is C[C@@H]1CN(CCCc2cccc(-c3cccc(Oc4ncc(F)cc4C(=O)N[C@H]4CC[C@H](NC(=O)c5cc6n(n5)CCC6)CC4)c3)c2)C[C@H](C)N1. The molecule has 3 aliphatic rings. The van der Waals surface area contributed by atoms with Gasteiger partial charge in [0.15, 0.2) is 0 Å². The Balaban J connectivity index is 0.938. The van der Waals surface area contributed by atoms with Crippen LogP contribution in [0.15, 0.2) is 66.9 Å². The highest BCUT2D eigenvalue weighted by atomic mass is 19.1. The first kappa shape index (κ1) is 34.8. The second kappa shape index (κ2) is 15.7. The normalized spacial score (nSPS) is 21.9. The maximum Gasteiger partial charge on any atom is 0.272 e. The average Bonchev–Trinajstić information content (AvgIpc) is 3.73. The standard InChI is InChI=1S/C40H48FN7O3/c1-26-24-47(25-27(2)43-26)17-5-8-28-7-3-9-29(19-28)30-10-4-12-35(20-30)51-40-36(21-31(41)23-42-40)38(49)44-32-13-15-33(16-14-32)45-39(50)37-22-34-11-6-18-48(34)46-37/h3-4,7,9-10,12,19-23,26-27,32-33,43H,5-6,8,11,13-18,24-25H2,1-2H3,(H,44,49)(H,45,50)/t26-,27+,32-,33-. The molecule has 3 N–H and O–H groups in total. The predicted molar refractivity (Wildman–Crippen MR) is 194 cm³/mol. The third kappa shape index (κ3) is 8.83. The van der Waals surface area contributed by atoms with E-state index < -0.39 is 11.7 Å². The molecule has 2 aromatic carbocycles. The van der Waals surface area contributed by atoms with Crippen molar-refractivity contribution in [1.29, 1.82) is 0 Å². The van der Waals surface area contributed by atoms with E-state index in [9.17, 15) is 14.0 Å². The van der Waals surface area contributed by atoms with Gasteiger partial charge in [-0.05, 0) is 113 Å². The number of aryl methyl sites for hydroxylation is 3. The number of fused-ring (bicyclic) bond motifs is 1. The van der Waals surface area contributed by atoms with Gasteiger partial charge in [-0.2, -0.15) is 5.10 Å². The monoisotopic (exact) mass is 693 g/mol. The van der Waals surface area contributed by atoms with Crippen molar-refractivity contribution in [2.45, 2.75) is 95.9 Å². The summed E-state index contributed by atoms with van der Waals surface area (Å²) in [6, 6.07) is 20.2. The van der Waals surface area contributed by atoms with Crippen molar-refractivity contribution in [3.05, 3.63) is 95.2 Å². The first-order chi connectivity index (χ1) is 24.8. The van der Waals surface area contributed by atoms with Gasteiger partial charge in [0.1, 0.15) is 22.8 Å². The number of nitrogens with one attached hydrogen (secondary N) is 3. The fraction of sp³-hybridized carbons (Fsp3) is 0.450. The number of hydrogen-bond donors (Lipinski definition) is 3. The highest BCUT2D eigenvalue weighted by Crippen LogP contribution is 2.30. The van der Waals surface area contributed by atoms with E-state index in [1.807, 2.05) is 35.0 Å². The molecule has 0 unspecified atom stereocenters. The van der Waals surface area contributed by atoms with E-state index in [1.54, 1.807) is 0 Å². The van der Waals surface area contributed by atoms with Crippen molar-refractivity contribution in [3.63, 3.8) is 0 Å². The maximum atomic E-state index is 14.4. The Morgan fingerprint density at radius 2 is 1.63 bits per heavy atom. The molecule has 4 heterocycles. The molecule has 11 heteroatoms. The molecule has 4 aromatic rings. The van der Waals surface area contributed by atoms with Crippen molar-refractivity contribution in [3.8, 4) is 22.8 Å². The van der Waals surface area contributed by atoms with E-state index in [0.717, 1.165) is 87.7 Å². The lowest BCUT2D eigenvalue weighted by molar-refractivity contribution is 0.0887. The van der Waals surface area contributed by atoms with E-state index in [0.29, 0.717) is 36.4 Å². The number of rotatable bonds is 11. The zero-order chi connectivity index (χ0) is 35.3. The first-order valence-electron chi connectivity index (χ1n) is 18.5. The first-order valence-corrected chi connectivity index (χ1v) is 18.5. The van der Waals surface area contributed by atoms with Gasteiger partial charge in [-0.15, -0.1) is 0 Å². The molecule has 1 saturated heterocycles. The van der Waals surface area contributed by atoms with Crippen LogP contribution >= 0.6 is 0 Å². The summed E-state index contributed by atoms with van der Waals surface area (Å²) in [5, 5.41) is 14.2. The van der Waals surface area contributed by atoms with E-state index in [-0.39, 0.29) is 29.4 Å². The molecule has 2 amide bonds. The summed E-state index contributed by atoms with van der Waals surface area (Å²) in [4.78, 5) is 32.9. The van der Waals surface area contributed by atoms with Crippen LogP contribution < -0.4 is 20.7 Å². The molecule has 2 fully saturated rings. The Hall–Kier alpha value is -4.61. The third-order valence-electron chi connectivity index (χ3n) is 10.2. The number of amides is 2. The van der Waals surface area contributed by atoms with Crippen molar-refractivity contribution in [1.82, 2.24) is 35.6 Å². The van der Waals surface area contributed by atoms with E-state index in [1.165, 1.54) is 11.6 Å². The number of piperazine rings is 1. The summed E-state index contributed by atoms with van der Waals surface area (Å²) in [5.74, 6) is -0.655. The zero-order valence-corrected chi connectivity index (χ0v) is 29.5. The van der Waals surface area contributed by atoms with Gasteiger partial charge in [-0.3, -0.25) is 14.3 Å². The highest BCUT2D eigenvalue weighted by molar-refractivity contribution is 5.96. The minimum atomic E-state index is -0.615. The van der Waals surface area contributed by atoms with Crippen LogP contribution in [0.1, 0.15) is 84.5 Å². The number of benzene rings is 2. The topological polar surface area (TPSA) is 113 Å². The van der Waals surface area contributed by atoms with Crippen LogP contribution in [0.5, 0.6) is 11.6 Å². The zero-order valence-electron chi connectivity index (χ0n) is 29.5. The van der Waals surface area contributed by atoms with Gasteiger partial charge in [0.25, 0.3) is 11.8 Å². The molecule has 2 atom stereocenters. The average molecular weight is 694 g/mol. The van der Waals surface area contributed by atoms with Crippen molar-refractivity contribution in [2.24, 2.45) is 0 Å². The molecule has 0 spiro atoms. The van der Waals surface area contributed by atoms with Crippen LogP contribution in [0, 0.1) is 5.82 Å². The number of hydrogen-bond acceptors (Lipinski definition) is 7. The Bertz CT molecular complexity index is 1820. The fourth-order valence-electron chi connectivity index (χ4n) is 7.83. The second-order valence-corrected chi connectivity index (χ2v) is 14.5. The molecule has 10 nitrogen and oxygen atoms in total. The molecule has 1 aliphatic carbocycles. The Morgan fingerprint density at radius 3 is 2.37 bits per heavy atom. The molecule has 7 rings (SSSR count). The number of pyridine rings is 1. The van der Waals surface area contributed by atoms with Crippen LogP contribution in [0.25, 0.3) is 11.1 Å². The fourth-order valence-corrected chi connectivity index (χ4v) is 7.83.